The predicted molar refractivity (Wildman–Crippen MR) is 38.8 cm³/mol. The van der Waals surface area contributed by atoms with Crippen LogP contribution in [0.4, 0.5) is 0 Å². The van der Waals surface area contributed by atoms with Crippen molar-refractivity contribution >= 4 is 24.5 Å². The van der Waals surface area contributed by atoms with Gasteiger partial charge in [-0.3, -0.25) is 0 Å². The Bertz CT molecular complexity index is 150. The maximum absolute atomic E-state index is 5.50. The minimum absolute atomic E-state index is 0.822. The van der Waals surface area contributed by atoms with E-state index in [1.807, 2.05) is 30.3 Å². The highest BCUT2D eigenvalue weighted by Crippen LogP contribution is 2.13. The molecule has 0 radical (unpaired) electrons. The van der Waals surface area contributed by atoms with Gasteiger partial charge >= 0.3 is 0 Å². The number of hydrogen-bond donors (Lipinski definition) is 0. The molecule has 0 saturated heterocycles. The standard InChI is InChI=1S/C6H5ClP/c7-8-6-4-2-1-3-5-6/h1-5H/q-1. The molecule has 0 aliphatic rings. The largest absolute Gasteiger partial charge is 0.401 e. The molecule has 8 heavy (non-hydrogen) atoms. The molecule has 0 aliphatic carbocycles. The van der Waals surface area contributed by atoms with Crippen molar-refractivity contribution in [2.75, 3.05) is 0 Å². The lowest BCUT2D eigenvalue weighted by molar-refractivity contribution is 1.78. The zero-order valence-electron chi connectivity index (χ0n) is 4.21. The fraction of sp³-hybridized carbons (Fsp3) is 0. The second-order valence-electron chi connectivity index (χ2n) is 1.42. The molecule has 0 nitrogen and oxygen atoms in total. The topological polar surface area (TPSA) is 0 Å². The molecular weight excluding hydrogens is 138 g/mol. The normalized spacial score (nSPS) is 10.6. The molecule has 1 rings (SSSR count). The third kappa shape index (κ3) is 1.47. The van der Waals surface area contributed by atoms with Gasteiger partial charge in [0.05, 0.1) is 0 Å². The molecule has 0 fully saturated rings. The fourth-order valence-corrected chi connectivity index (χ4v) is 1.11. The van der Waals surface area contributed by atoms with Gasteiger partial charge in [-0.05, 0) is 0 Å². The van der Waals surface area contributed by atoms with E-state index >= 15 is 0 Å². The highest BCUT2D eigenvalue weighted by atomic mass is 35.7. The highest BCUT2D eigenvalue weighted by molar-refractivity contribution is 7.74. The molecular formula is C6H5ClP-. The molecule has 0 atom stereocenters. The average molecular weight is 144 g/mol. The Morgan fingerprint density at radius 3 is 2.12 bits per heavy atom. The maximum Gasteiger partial charge on any atom is -0.0624 e. The summed E-state index contributed by atoms with van der Waals surface area (Å²) >= 11 is 5.50. The van der Waals surface area contributed by atoms with Crippen LogP contribution in [0.15, 0.2) is 30.3 Å². The first-order valence-corrected chi connectivity index (χ1v) is 4.10. The minimum atomic E-state index is 0.822. The van der Waals surface area contributed by atoms with E-state index in [2.05, 4.69) is 0 Å². The third-order valence-corrected chi connectivity index (χ3v) is 1.93. The smallest absolute Gasteiger partial charge is 0.0624 e. The molecule has 1 aromatic rings. The van der Waals surface area contributed by atoms with Crippen LogP contribution in [0, 0.1) is 0 Å². The van der Waals surface area contributed by atoms with Gasteiger partial charge in [-0.15, -0.1) is 0 Å². The van der Waals surface area contributed by atoms with Crippen LogP contribution >= 0.6 is 19.2 Å². The van der Waals surface area contributed by atoms with Gasteiger partial charge in [0, 0.05) is 0 Å². The number of benzene rings is 1. The Morgan fingerprint density at radius 2 is 1.75 bits per heavy atom. The van der Waals surface area contributed by atoms with Gasteiger partial charge in [0.25, 0.3) is 0 Å². The van der Waals surface area contributed by atoms with Crippen molar-refractivity contribution in [3.63, 3.8) is 0 Å². The number of rotatable bonds is 1. The van der Waals surface area contributed by atoms with Crippen LogP contribution in [0.5, 0.6) is 0 Å². The van der Waals surface area contributed by atoms with Crippen LogP contribution in [-0.2, 0) is 0 Å². The zero-order valence-corrected chi connectivity index (χ0v) is 5.86. The van der Waals surface area contributed by atoms with Gasteiger partial charge < -0.3 is 19.2 Å². The lowest BCUT2D eigenvalue weighted by Crippen LogP contribution is -1.85. The summed E-state index contributed by atoms with van der Waals surface area (Å²) in [7, 11) is 0.822. The summed E-state index contributed by atoms with van der Waals surface area (Å²) in [6, 6.07) is 9.92. The molecule has 0 bridgehead atoms. The molecule has 0 heterocycles. The zero-order chi connectivity index (χ0) is 5.82. The quantitative estimate of drug-likeness (QED) is 0.530. The lowest BCUT2D eigenvalue weighted by Gasteiger charge is -2.05. The molecule has 0 aromatic heterocycles. The third-order valence-electron chi connectivity index (χ3n) is 0.854. The molecule has 0 spiro atoms. The highest BCUT2D eigenvalue weighted by Gasteiger charge is 1.68. The van der Waals surface area contributed by atoms with Crippen molar-refractivity contribution in [2.45, 2.75) is 0 Å². The Morgan fingerprint density at radius 1 is 1.12 bits per heavy atom. The summed E-state index contributed by atoms with van der Waals surface area (Å²) in [5.41, 5.74) is 0. The Labute approximate surface area is 55.4 Å². The van der Waals surface area contributed by atoms with Gasteiger partial charge in [0.2, 0.25) is 0 Å². The molecule has 0 unspecified atom stereocenters. The summed E-state index contributed by atoms with van der Waals surface area (Å²) < 4.78 is 0. The Hall–Kier alpha value is -0.0600. The molecule has 1 aromatic carbocycles. The maximum atomic E-state index is 5.50. The second kappa shape index (κ2) is 3.06. The second-order valence-corrected chi connectivity index (χ2v) is 2.61. The van der Waals surface area contributed by atoms with Crippen molar-refractivity contribution in [3.8, 4) is 0 Å². The van der Waals surface area contributed by atoms with Gasteiger partial charge in [0.15, 0.2) is 0 Å². The van der Waals surface area contributed by atoms with Gasteiger partial charge in [-0.2, -0.15) is 5.30 Å². The Balaban J connectivity index is 2.83. The van der Waals surface area contributed by atoms with Gasteiger partial charge in [0.1, 0.15) is 0 Å². The van der Waals surface area contributed by atoms with Crippen LogP contribution < -0.4 is 5.30 Å². The minimum Gasteiger partial charge on any atom is -0.401 e. The van der Waals surface area contributed by atoms with E-state index in [1.165, 1.54) is 0 Å². The van der Waals surface area contributed by atoms with Crippen molar-refractivity contribution < 1.29 is 0 Å². The molecule has 2 heteroatoms. The van der Waals surface area contributed by atoms with Crippen molar-refractivity contribution in [1.82, 2.24) is 0 Å². The van der Waals surface area contributed by atoms with Gasteiger partial charge in [-0.1, -0.05) is 30.3 Å². The van der Waals surface area contributed by atoms with E-state index in [-0.39, 0.29) is 0 Å². The van der Waals surface area contributed by atoms with E-state index in [0.29, 0.717) is 0 Å². The van der Waals surface area contributed by atoms with E-state index in [9.17, 15) is 0 Å². The van der Waals surface area contributed by atoms with Gasteiger partial charge in [-0.25, -0.2) is 0 Å². The first-order chi connectivity index (χ1) is 3.93. The predicted octanol–water partition coefficient (Wildman–Crippen LogP) is 2.41. The average Bonchev–Trinajstić information content (AvgIpc) is 1.90. The van der Waals surface area contributed by atoms with E-state index < -0.39 is 0 Å². The van der Waals surface area contributed by atoms with E-state index in [1.54, 1.807) is 0 Å². The summed E-state index contributed by atoms with van der Waals surface area (Å²) in [6.45, 7) is 0. The van der Waals surface area contributed by atoms with E-state index in [0.717, 1.165) is 13.2 Å². The van der Waals surface area contributed by atoms with Crippen LogP contribution in [0.25, 0.3) is 0 Å². The molecule has 0 N–H and O–H groups in total. The summed E-state index contributed by atoms with van der Waals surface area (Å²) in [4.78, 5) is 0. The fourth-order valence-electron chi connectivity index (χ4n) is 0.484. The lowest BCUT2D eigenvalue weighted by atomic mass is 10.4. The molecule has 0 aliphatic heterocycles. The molecule has 42 valence electrons. The molecule has 0 amide bonds. The first kappa shape index (κ1) is 6.07. The van der Waals surface area contributed by atoms with E-state index in [4.69, 9.17) is 11.2 Å². The van der Waals surface area contributed by atoms with Crippen LogP contribution in [0.1, 0.15) is 0 Å². The summed E-state index contributed by atoms with van der Waals surface area (Å²) in [6.07, 6.45) is 0. The number of halogens is 1. The summed E-state index contributed by atoms with van der Waals surface area (Å²) in [5.74, 6) is 0. The molecule has 0 saturated carbocycles. The van der Waals surface area contributed by atoms with Crippen molar-refractivity contribution in [2.24, 2.45) is 0 Å². The van der Waals surface area contributed by atoms with Crippen LogP contribution in [0.2, 0.25) is 0 Å². The summed E-state index contributed by atoms with van der Waals surface area (Å²) in [5, 5.41) is 1.15. The first-order valence-electron chi connectivity index (χ1n) is 2.30. The monoisotopic (exact) mass is 143 g/mol. The number of hydrogen-bond acceptors (Lipinski definition) is 0. The van der Waals surface area contributed by atoms with Crippen molar-refractivity contribution in [1.29, 1.82) is 0 Å². The van der Waals surface area contributed by atoms with Crippen LogP contribution in [0.3, 0.4) is 0 Å². The van der Waals surface area contributed by atoms with Crippen molar-refractivity contribution in [3.05, 3.63) is 30.3 Å². The Kier molecular flexibility index (Phi) is 2.32. The van der Waals surface area contributed by atoms with Crippen LogP contribution in [-0.4, -0.2) is 0 Å². The SMILES string of the molecule is Cl[P-]c1ccccc1.